The molecule has 1 aromatic rings. The van der Waals surface area contributed by atoms with E-state index in [0.717, 1.165) is 74.8 Å². The zero-order valence-electron chi connectivity index (χ0n) is 16.4. The van der Waals surface area contributed by atoms with E-state index in [4.69, 9.17) is 14.2 Å². The standard InChI is InChI=1S/C21H32N2O4/c1-25-19-13-21-20(26-10-3-11-27-21)12-16(19)14-22-8-5-17(6-9-22)23-7-2-4-18(24)15-23/h12-13,17-18,24H,2-11,14-15H2,1H3. The first-order chi connectivity index (χ1) is 13.2. The number of benzene rings is 1. The summed E-state index contributed by atoms with van der Waals surface area (Å²) >= 11 is 0. The van der Waals surface area contributed by atoms with Gasteiger partial charge < -0.3 is 19.3 Å². The zero-order chi connectivity index (χ0) is 18.6. The minimum Gasteiger partial charge on any atom is -0.496 e. The summed E-state index contributed by atoms with van der Waals surface area (Å²) in [6.45, 7) is 6.40. The lowest BCUT2D eigenvalue weighted by Gasteiger charge is -2.41. The number of fused-ring (bicyclic) bond motifs is 1. The number of hydrogen-bond donors (Lipinski definition) is 1. The predicted molar refractivity (Wildman–Crippen MR) is 104 cm³/mol. The highest BCUT2D eigenvalue weighted by molar-refractivity contribution is 5.51. The summed E-state index contributed by atoms with van der Waals surface area (Å²) in [6.07, 6.45) is 5.18. The number of methoxy groups -OCH3 is 1. The molecular formula is C21H32N2O4. The molecule has 2 fully saturated rings. The van der Waals surface area contributed by atoms with Crippen LogP contribution in [0, 0.1) is 0 Å². The van der Waals surface area contributed by atoms with Gasteiger partial charge in [0.15, 0.2) is 11.5 Å². The molecule has 1 unspecified atom stereocenters. The summed E-state index contributed by atoms with van der Waals surface area (Å²) in [5.41, 5.74) is 1.16. The third-order valence-corrected chi connectivity index (χ3v) is 6.05. The van der Waals surface area contributed by atoms with Gasteiger partial charge in [0.1, 0.15) is 5.75 Å². The molecule has 3 heterocycles. The molecule has 2 saturated heterocycles. The molecule has 0 radical (unpaired) electrons. The molecule has 3 aliphatic heterocycles. The molecule has 4 rings (SSSR count). The lowest BCUT2D eigenvalue weighted by Crippen LogP contribution is -2.49. The van der Waals surface area contributed by atoms with Crippen LogP contribution in [0.25, 0.3) is 0 Å². The largest absolute Gasteiger partial charge is 0.496 e. The molecule has 1 N–H and O–H groups in total. The number of β-amino-alcohol motifs (C(OH)–C–C–N with tert-alkyl or cyclic N) is 1. The second kappa shape index (κ2) is 8.67. The third kappa shape index (κ3) is 4.50. The van der Waals surface area contributed by atoms with E-state index in [1.807, 2.05) is 6.07 Å². The van der Waals surface area contributed by atoms with Gasteiger partial charge >= 0.3 is 0 Å². The van der Waals surface area contributed by atoms with Gasteiger partial charge in [0.2, 0.25) is 0 Å². The van der Waals surface area contributed by atoms with Gasteiger partial charge in [-0.1, -0.05) is 0 Å². The van der Waals surface area contributed by atoms with E-state index in [-0.39, 0.29) is 6.10 Å². The molecule has 0 aromatic heterocycles. The summed E-state index contributed by atoms with van der Waals surface area (Å²) in [4.78, 5) is 5.00. The Kier molecular flexibility index (Phi) is 6.05. The van der Waals surface area contributed by atoms with Crippen molar-refractivity contribution in [3.8, 4) is 17.2 Å². The van der Waals surface area contributed by atoms with Crippen LogP contribution in [-0.4, -0.2) is 73.6 Å². The number of piperidine rings is 2. The third-order valence-electron chi connectivity index (χ3n) is 6.05. The summed E-state index contributed by atoms with van der Waals surface area (Å²) < 4.78 is 17.3. The van der Waals surface area contributed by atoms with E-state index in [2.05, 4.69) is 15.9 Å². The van der Waals surface area contributed by atoms with E-state index in [9.17, 15) is 5.11 Å². The van der Waals surface area contributed by atoms with Crippen molar-refractivity contribution in [2.75, 3.05) is 46.5 Å². The van der Waals surface area contributed by atoms with Crippen molar-refractivity contribution < 1.29 is 19.3 Å². The molecule has 1 aromatic carbocycles. The normalized spacial score (nSPS) is 25.2. The predicted octanol–water partition coefficient (Wildman–Crippen LogP) is 2.28. The Hall–Kier alpha value is -1.50. The zero-order valence-corrected chi connectivity index (χ0v) is 16.4. The minimum absolute atomic E-state index is 0.136. The van der Waals surface area contributed by atoms with Gasteiger partial charge in [-0.3, -0.25) is 9.80 Å². The van der Waals surface area contributed by atoms with Crippen LogP contribution in [-0.2, 0) is 6.54 Å². The van der Waals surface area contributed by atoms with Crippen LogP contribution < -0.4 is 14.2 Å². The Morgan fingerprint density at radius 2 is 1.78 bits per heavy atom. The Balaban J connectivity index is 1.38. The Morgan fingerprint density at radius 1 is 1.04 bits per heavy atom. The van der Waals surface area contributed by atoms with Gasteiger partial charge in [0, 0.05) is 37.2 Å². The molecular weight excluding hydrogens is 344 g/mol. The maximum absolute atomic E-state index is 9.94. The van der Waals surface area contributed by atoms with Crippen LogP contribution in [0.2, 0.25) is 0 Å². The minimum atomic E-state index is -0.136. The molecule has 3 aliphatic rings. The van der Waals surface area contributed by atoms with Gasteiger partial charge in [0.25, 0.3) is 0 Å². The van der Waals surface area contributed by atoms with Gasteiger partial charge in [0.05, 0.1) is 26.4 Å². The fourth-order valence-electron chi connectivity index (χ4n) is 4.54. The Morgan fingerprint density at radius 3 is 2.48 bits per heavy atom. The Labute approximate surface area is 162 Å². The van der Waals surface area contributed by atoms with E-state index in [1.165, 1.54) is 12.8 Å². The van der Waals surface area contributed by atoms with Crippen molar-refractivity contribution in [2.45, 2.75) is 50.8 Å². The lowest BCUT2D eigenvalue weighted by atomic mass is 9.98. The molecule has 0 bridgehead atoms. The molecule has 27 heavy (non-hydrogen) atoms. The first kappa shape index (κ1) is 18.8. The average molecular weight is 376 g/mol. The summed E-state index contributed by atoms with van der Waals surface area (Å²) in [7, 11) is 1.72. The summed E-state index contributed by atoms with van der Waals surface area (Å²) in [6, 6.07) is 4.67. The number of aliphatic hydroxyl groups excluding tert-OH is 1. The number of nitrogens with zero attached hydrogens (tertiary/aromatic N) is 2. The first-order valence-electron chi connectivity index (χ1n) is 10.3. The fraction of sp³-hybridized carbons (Fsp3) is 0.714. The number of likely N-dealkylation sites (tertiary alicyclic amines) is 2. The summed E-state index contributed by atoms with van der Waals surface area (Å²) in [5.74, 6) is 2.50. The number of rotatable bonds is 4. The van der Waals surface area contributed by atoms with Gasteiger partial charge in [-0.05, 0) is 51.4 Å². The van der Waals surface area contributed by atoms with Crippen LogP contribution in [0.1, 0.15) is 37.7 Å². The van der Waals surface area contributed by atoms with Crippen LogP contribution in [0.15, 0.2) is 12.1 Å². The lowest BCUT2D eigenvalue weighted by molar-refractivity contribution is 0.0242. The van der Waals surface area contributed by atoms with Gasteiger partial charge in [-0.15, -0.1) is 0 Å². The summed E-state index contributed by atoms with van der Waals surface area (Å²) in [5, 5.41) is 9.94. The number of aliphatic hydroxyl groups is 1. The smallest absolute Gasteiger partial charge is 0.164 e. The molecule has 0 amide bonds. The molecule has 6 heteroatoms. The van der Waals surface area contributed by atoms with Gasteiger partial charge in [-0.2, -0.15) is 0 Å². The van der Waals surface area contributed by atoms with Crippen molar-refractivity contribution in [3.63, 3.8) is 0 Å². The monoisotopic (exact) mass is 376 g/mol. The maximum Gasteiger partial charge on any atom is 0.164 e. The Bertz CT molecular complexity index is 631. The van der Waals surface area contributed by atoms with Crippen molar-refractivity contribution >= 4 is 0 Å². The quantitative estimate of drug-likeness (QED) is 0.870. The SMILES string of the molecule is COc1cc2c(cc1CN1CCC(N3CCCC(O)C3)CC1)OCCCO2. The van der Waals surface area contributed by atoms with Crippen LogP contribution in [0.4, 0.5) is 0 Å². The molecule has 6 nitrogen and oxygen atoms in total. The highest BCUT2D eigenvalue weighted by Gasteiger charge is 2.28. The van der Waals surface area contributed by atoms with E-state index >= 15 is 0 Å². The number of ether oxygens (including phenoxy) is 3. The van der Waals surface area contributed by atoms with E-state index < -0.39 is 0 Å². The van der Waals surface area contributed by atoms with Gasteiger partial charge in [-0.25, -0.2) is 0 Å². The second-order valence-electron chi connectivity index (χ2n) is 7.96. The van der Waals surface area contributed by atoms with Crippen LogP contribution in [0.3, 0.4) is 0 Å². The second-order valence-corrected chi connectivity index (χ2v) is 7.96. The molecule has 1 atom stereocenters. The van der Waals surface area contributed by atoms with Crippen molar-refractivity contribution in [1.82, 2.24) is 9.80 Å². The first-order valence-corrected chi connectivity index (χ1v) is 10.3. The molecule has 0 spiro atoms. The van der Waals surface area contributed by atoms with Crippen LogP contribution in [0.5, 0.6) is 17.2 Å². The number of hydrogen-bond acceptors (Lipinski definition) is 6. The fourth-order valence-corrected chi connectivity index (χ4v) is 4.54. The topological polar surface area (TPSA) is 54.4 Å². The maximum atomic E-state index is 9.94. The van der Waals surface area contributed by atoms with E-state index in [0.29, 0.717) is 19.3 Å². The highest BCUT2D eigenvalue weighted by atomic mass is 16.5. The van der Waals surface area contributed by atoms with Crippen molar-refractivity contribution in [2.24, 2.45) is 0 Å². The molecule has 150 valence electrons. The van der Waals surface area contributed by atoms with Crippen LogP contribution >= 0.6 is 0 Å². The highest BCUT2D eigenvalue weighted by Crippen LogP contribution is 2.37. The average Bonchev–Trinajstić information content (AvgIpc) is 2.93. The van der Waals surface area contributed by atoms with E-state index in [1.54, 1.807) is 7.11 Å². The van der Waals surface area contributed by atoms with Crippen molar-refractivity contribution in [3.05, 3.63) is 17.7 Å². The van der Waals surface area contributed by atoms with Crippen molar-refractivity contribution in [1.29, 1.82) is 0 Å². The molecule has 0 aliphatic carbocycles. The molecule has 0 saturated carbocycles.